The minimum Gasteiger partial charge on any atom is -0.495 e. The molecule has 2 N–H and O–H groups in total. The van der Waals surface area contributed by atoms with E-state index in [0.29, 0.717) is 6.54 Å². The highest BCUT2D eigenvalue weighted by Gasteiger charge is 2.19. The van der Waals surface area contributed by atoms with Crippen molar-refractivity contribution in [3.8, 4) is 17.5 Å². The van der Waals surface area contributed by atoms with Gasteiger partial charge in [-0.25, -0.2) is 0 Å². The van der Waals surface area contributed by atoms with Crippen LogP contribution in [-0.4, -0.2) is 59.5 Å². The molecule has 3 rings (SSSR count). The Kier molecular flexibility index (Phi) is 5.15. The maximum absolute atomic E-state index is 9.65. The number of rotatable bonds is 6. The van der Waals surface area contributed by atoms with Crippen molar-refractivity contribution in [1.82, 2.24) is 9.47 Å². The van der Waals surface area contributed by atoms with Crippen LogP contribution in [0.15, 0.2) is 36.4 Å². The van der Waals surface area contributed by atoms with Crippen molar-refractivity contribution in [1.29, 1.82) is 0 Å². The summed E-state index contributed by atoms with van der Waals surface area (Å²) < 4.78 is 6.98. The third-order valence-electron chi connectivity index (χ3n) is 4.59. The third-order valence-corrected chi connectivity index (χ3v) is 4.59. The van der Waals surface area contributed by atoms with Gasteiger partial charge in [-0.3, -0.25) is 9.47 Å². The third kappa shape index (κ3) is 3.59. The van der Waals surface area contributed by atoms with Gasteiger partial charge in [0.25, 0.3) is 0 Å². The summed E-state index contributed by atoms with van der Waals surface area (Å²) in [4.78, 5) is 4.78. The second-order valence-electron chi connectivity index (χ2n) is 6.06. The highest BCUT2D eigenvalue weighted by atomic mass is 16.5. The number of para-hydroxylation sites is 2. The molecule has 2 aromatic rings. The van der Waals surface area contributed by atoms with Gasteiger partial charge in [0.05, 0.1) is 12.8 Å². The van der Waals surface area contributed by atoms with E-state index in [1.54, 1.807) is 7.11 Å². The molecule has 1 aromatic carbocycles. The highest BCUT2D eigenvalue weighted by Crippen LogP contribution is 2.28. The summed E-state index contributed by atoms with van der Waals surface area (Å²) in [6.07, 6.45) is 0.893. The van der Waals surface area contributed by atoms with Crippen LogP contribution in [0.3, 0.4) is 0 Å². The molecule has 1 aliphatic rings. The molecule has 6 heteroatoms. The van der Waals surface area contributed by atoms with Crippen LogP contribution in [-0.2, 0) is 6.54 Å². The first kappa shape index (κ1) is 16.5. The van der Waals surface area contributed by atoms with Crippen molar-refractivity contribution in [3.05, 3.63) is 36.4 Å². The zero-order valence-corrected chi connectivity index (χ0v) is 14.1. The van der Waals surface area contributed by atoms with Crippen molar-refractivity contribution < 1.29 is 14.9 Å². The molecule has 1 fully saturated rings. The monoisotopic (exact) mass is 331 g/mol. The predicted molar refractivity (Wildman–Crippen MR) is 94.0 cm³/mol. The fourth-order valence-electron chi connectivity index (χ4n) is 3.23. The number of anilines is 1. The van der Waals surface area contributed by atoms with Gasteiger partial charge in [0.15, 0.2) is 11.8 Å². The van der Waals surface area contributed by atoms with Gasteiger partial charge >= 0.3 is 0 Å². The smallest absolute Gasteiger partial charge is 0.193 e. The van der Waals surface area contributed by atoms with Crippen LogP contribution in [0.2, 0.25) is 0 Å². The summed E-state index contributed by atoms with van der Waals surface area (Å²) in [7, 11) is 1.71. The van der Waals surface area contributed by atoms with Crippen LogP contribution in [0.25, 0.3) is 0 Å². The van der Waals surface area contributed by atoms with Gasteiger partial charge in [-0.05, 0) is 25.1 Å². The Morgan fingerprint density at radius 2 is 1.58 bits per heavy atom. The van der Waals surface area contributed by atoms with E-state index in [0.717, 1.165) is 50.6 Å². The highest BCUT2D eigenvalue weighted by molar-refractivity contribution is 5.58. The topological polar surface area (TPSA) is 61.1 Å². The number of methoxy groups -OCH3 is 1. The Bertz CT molecular complexity index is 644. The summed E-state index contributed by atoms with van der Waals surface area (Å²) in [5, 5.41) is 19.3. The number of hydrogen-bond donors (Lipinski definition) is 2. The van der Waals surface area contributed by atoms with E-state index in [9.17, 15) is 10.2 Å². The molecule has 6 nitrogen and oxygen atoms in total. The van der Waals surface area contributed by atoms with Crippen LogP contribution in [0.4, 0.5) is 5.69 Å². The maximum Gasteiger partial charge on any atom is 0.193 e. The first-order chi connectivity index (χ1) is 11.7. The van der Waals surface area contributed by atoms with Gasteiger partial charge < -0.3 is 19.8 Å². The Morgan fingerprint density at radius 1 is 0.917 bits per heavy atom. The standard InChI is InChI=1S/C18H25N3O3/c1-24-16-6-3-2-5-15(16)20-13-11-19(12-14-20)9-4-10-21-17(22)7-8-18(21)23/h2-3,5-8,22-23H,4,9-14H2,1H3. The molecular formula is C18H25N3O3. The van der Waals surface area contributed by atoms with Crippen LogP contribution in [0.5, 0.6) is 17.5 Å². The number of aromatic nitrogens is 1. The van der Waals surface area contributed by atoms with Crippen LogP contribution in [0.1, 0.15) is 6.42 Å². The van der Waals surface area contributed by atoms with Gasteiger partial charge in [-0.1, -0.05) is 12.1 Å². The molecule has 0 spiro atoms. The van der Waals surface area contributed by atoms with Gasteiger partial charge in [-0.15, -0.1) is 0 Å². The fraction of sp³-hybridized carbons (Fsp3) is 0.444. The molecule has 1 saturated heterocycles. The first-order valence-electron chi connectivity index (χ1n) is 8.37. The van der Waals surface area contributed by atoms with Crippen LogP contribution < -0.4 is 9.64 Å². The second kappa shape index (κ2) is 7.49. The molecule has 130 valence electrons. The maximum atomic E-state index is 9.65. The number of aromatic hydroxyl groups is 2. The minimum absolute atomic E-state index is 0.119. The van der Waals surface area contributed by atoms with Gasteiger partial charge in [0.1, 0.15) is 5.75 Å². The molecule has 24 heavy (non-hydrogen) atoms. The Labute approximate surface area is 142 Å². The summed E-state index contributed by atoms with van der Waals surface area (Å²) in [6, 6.07) is 11.2. The van der Waals surface area contributed by atoms with Crippen molar-refractivity contribution in [2.75, 3.05) is 44.7 Å². The largest absolute Gasteiger partial charge is 0.495 e. The fourth-order valence-corrected chi connectivity index (χ4v) is 3.23. The van der Waals surface area contributed by atoms with E-state index >= 15 is 0 Å². The average molecular weight is 331 g/mol. The molecule has 0 radical (unpaired) electrons. The summed E-state index contributed by atoms with van der Waals surface area (Å²) in [5.41, 5.74) is 1.15. The summed E-state index contributed by atoms with van der Waals surface area (Å²) >= 11 is 0. The van der Waals surface area contributed by atoms with E-state index < -0.39 is 0 Å². The summed E-state index contributed by atoms with van der Waals surface area (Å²) in [6.45, 7) is 5.53. The molecule has 0 bridgehead atoms. The quantitative estimate of drug-likeness (QED) is 0.849. The van der Waals surface area contributed by atoms with E-state index in [1.807, 2.05) is 18.2 Å². The lowest BCUT2D eigenvalue weighted by molar-refractivity contribution is 0.246. The van der Waals surface area contributed by atoms with Gasteiger partial charge in [0.2, 0.25) is 0 Å². The van der Waals surface area contributed by atoms with Crippen molar-refractivity contribution in [3.63, 3.8) is 0 Å². The van der Waals surface area contributed by atoms with Crippen molar-refractivity contribution in [2.24, 2.45) is 0 Å². The number of benzene rings is 1. The predicted octanol–water partition coefficient (Wildman–Crippen LogP) is 2.12. The molecule has 0 amide bonds. The Morgan fingerprint density at radius 3 is 2.25 bits per heavy atom. The van der Waals surface area contributed by atoms with Crippen LogP contribution >= 0.6 is 0 Å². The zero-order valence-electron chi connectivity index (χ0n) is 14.1. The number of nitrogens with zero attached hydrogens (tertiary/aromatic N) is 3. The van der Waals surface area contributed by atoms with E-state index in [2.05, 4.69) is 15.9 Å². The van der Waals surface area contributed by atoms with Gasteiger partial charge in [-0.2, -0.15) is 0 Å². The average Bonchev–Trinajstić information content (AvgIpc) is 2.94. The summed E-state index contributed by atoms with van der Waals surface area (Å²) in [5.74, 6) is 1.16. The lowest BCUT2D eigenvalue weighted by atomic mass is 10.2. The molecule has 0 saturated carbocycles. The molecular weight excluding hydrogens is 306 g/mol. The zero-order chi connectivity index (χ0) is 16.9. The molecule has 1 aromatic heterocycles. The Hall–Kier alpha value is -2.34. The lowest BCUT2D eigenvalue weighted by Crippen LogP contribution is -2.46. The molecule has 1 aliphatic heterocycles. The van der Waals surface area contributed by atoms with E-state index in [-0.39, 0.29) is 11.8 Å². The Balaban J connectivity index is 1.47. The van der Waals surface area contributed by atoms with Crippen molar-refractivity contribution in [2.45, 2.75) is 13.0 Å². The molecule has 0 unspecified atom stereocenters. The van der Waals surface area contributed by atoms with Crippen LogP contribution in [0, 0.1) is 0 Å². The van der Waals surface area contributed by atoms with Gasteiger partial charge in [0, 0.05) is 44.9 Å². The minimum atomic E-state index is 0.119. The number of ether oxygens (including phenoxy) is 1. The molecule has 0 aliphatic carbocycles. The molecule has 0 atom stereocenters. The number of piperazine rings is 1. The first-order valence-corrected chi connectivity index (χ1v) is 8.37. The lowest BCUT2D eigenvalue weighted by Gasteiger charge is -2.36. The number of hydrogen-bond acceptors (Lipinski definition) is 5. The van der Waals surface area contributed by atoms with E-state index in [1.165, 1.54) is 16.7 Å². The normalized spacial score (nSPS) is 15.6. The SMILES string of the molecule is COc1ccccc1N1CCN(CCCn2c(O)ccc2O)CC1. The molecule has 2 heterocycles. The second-order valence-corrected chi connectivity index (χ2v) is 6.06. The van der Waals surface area contributed by atoms with Crippen molar-refractivity contribution >= 4 is 5.69 Å². The van der Waals surface area contributed by atoms with E-state index in [4.69, 9.17) is 4.74 Å².